The van der Waals surface area contributed by atoms with Crippen molar-refractivity contribution >= 4 is 0 Å². The second kappa shape index (κ2) is 4.63. The van der Waals surface area contributed by atoms with Gasteiger partial charge in [0.25, 0.3) is 0 Å². The summed E-state index contributed by atoms with van der Waals surface area (Å²) in [6.07, 6.45) is 2.68. The van der Waals surface area contributed by atoms with Crippen LogP contribution in [0, 0.1) is 5.41 Å². The largest absolute Gasteiger partial charge is 0.378 e. The summed E-state index contributed by atoms with van der Waals surface area (Å²) in [5.74, 6) is 0. The van der Waals surface area contributed by atoms with E-state index in [-0.39, 0.29) is 5.54 Å². The van der Waals surface area contributed by atoms with Crippen molar-refractivity contribution < 1.29 is 4.74 Å². The third kappa shape index (κ3) is 2.76. The van der Waals surface area contributed by atoms with Gasteiger partial charge in [-0.1, -0.05) is 6.92 Å². The van der Waals surface area contributed by atoms with Crippen molar-refractivity contribution in [2.24, 2.45) is 5.41 Å². The van der Waals surface area contributed by atoms with Gasteiger partial charge < -0.3 is 10.1 Å². The molecular formula is C13H26N2O. The van der Waals surface area contributed by atoms with Crippen LogP contribution in [-0.2, 0) is 4.74 Å². The van der Waals surface area contributed by atoms with Gasteiger partial charge in [0.2, 0.25) is 0 Å². The first-order chi connectivity index (χ1) is 7.52. The molecule has 3 nitrogen and oxygen atoms in total. The summed E-state index contributed by atoms with van der Waals surface area (Å²) in [6.45, 7) is 13.4. The highest BCUT2D eigenvalue weighted by atomic mass is 16.5. The predicted molar refractivity (Wildman–Crippen MR) is 66.7 cm³/mol. The minimum absolute atomic E-state index is 0.207. The third-order valence-electron chi connectivity index (χ3n) is 4.08. The number of piperidine rings is 1. The van der Waals surface area contributed by atoms with E-state index in [1.54, 1.807) is 0 Å². The zero-order valence-electron chi connectivity index (χ0n) is 11.0. The summed E-state index contributed by atoms with van der Waals surface area (Å²) in [4.78, 5) is 2.61. The van der Waals surface area contributed by atoms with Crippen molar-refractivity contribution in [3.63, 3.8) is 0 Å². The number of ether oxygens (including phenoxy) is 1. The first-order valence-corrected chi connectivity index (χ1v) is 6.55. The molecule has 2 aliphatic rings. The number of nitrogens with zero attached hydrogens (tertiary/aromatic N) is 1. The molecule has 3 heteroatoms. The van der Waals surface area contributed by atoms with E-state index in [0.29, 0.717) is 5.41 Å². The van der Waals surface area contributed by atoms with Crippen LogP contribution < -0.4 is 5.32 Å². The molecule has 2 saturated heterocycles. The Morgan fingerprint density at radius 1 is 1.31 bits per heavy atom. The van der Waals surface area contributed by atoms with Crippen molar-refractivity contribution in [3.8, 4) is 0 Å². The Labute approximate surface area is 99.5 Å². The molecule has 0 saturated carbocycles. The second-order valence-corrected chi connectivity index (χ2v) is 6.38. The maximum atomic E-state index is 5.58. The lowest BCUT2D eigenvalue weighted by Crippen LogP contribution is -2.57. The molecule has 2 rings (SSSR count). The van der Waals surface area contributed by atoms with Crippen molar-refractivity contribution in [1.82, 2.24) is 10.2 Å². The van der Waals surface area contributed by atoms with Gasteiger partial charge in [0.1, 0.15) is 0 Å². The molecule has 0 spiro atoms. The van der Waals surface area contributed by atoms with E-state index in [0.717, 1.165) is 19.8 Å². The van der Waals surface area contributed by atoms with Gasteiger partial charge in [-0.05, 0) is 38.6 Å². The van der Waals surface area contributed by atoms with Gasteiger partial charge in [0.05, 0.1) is 13.2 Å². The van der Waals surface area contributed by atoms with Crippen LogP contribution in [0.3, 0.4) is 0 Å². The van der Waals surface area contributed by atoms with Crippen LogP contribution >= 0.6 is 0 Å². The van der Waals surface area contributed by atoms with E-state index in [1.807, 2.05) is 0 Å². The fraction of sp³-hybridized carbons (Fsp3) is 1.00. The predicted octanol–water partition coefficient (Wildman–Crippen LogP) is 1.49. The number of nitrogens with one attached hydrogen (secondary N) is 1. The molecule has 2 fully saturated rings. The average Bonchev–Trinajstić information content (AvgIpc) is 2.22. The monoisotopic (exact) mass is 226 g/mol. The lowest BCUT2D eigenvalue weighted by Gasteiger charge is -2.47. The molecule has 1 N–H and O–H groups in total. The Bertz CT molecular complexity index is 234. The lowest BCUT2D eigenvalue weighted by atomic mass is 9.81. The van der Waals surface area contributed by atoms with E-state index in [2.05, 4.69) is 31.0 Å². The van der Waals surface area contributed by atoms with Crippen molar-refractivity contribution in [2.45, 2.75) is 39.2 Å². The summed E-state index contributed by atoms with van der Waals surface area (Å²) < 4.78 is 5.58. The SMILES string of the molecule is CC1(CN2CCOCC2(C)C)CCCNC1. The Hall–Kier alpha value is -0.120. The number of hydrogen-bond donors (Lipinski definition) is 1. The van der Waals surface area contributed by atoms with Crippen molar-refractivity contribution in [3.05, 3.63) is 0 Å². The normalized spacial score (nSPS) is 36.2. The van der Waals surface area contributed by atoms with Crippen LogP contribution in [-0.4, -0.2) is 49.8 Å². The summed E-state index contributed by atoms with van der Waals surface area (Å²) in [6, 6.07) is 0. The third-order valence-corrected chi connectivity index (χ3v) is 4.08. The van der Waals surface area contributed by atoms with Gasteiger partial charge in [0, 0.05) is 25.2 Å². The van der Waals surface area contributed by atoms with E-state index in [9.17, 15) is 0 Å². The van der Waals surface area contributed by atoms with Gasteiger partial charge in [-0.15, -0.1) is 0 Å². The smallest absolute Gasteiger partial charge is 0.0645 e. The standard InChI is InChI=1S/C13H26N2O/c1-12(2)11-16-8-7-15(12)10-13(3)5-4-6-14-9-13/h14H,4-11H2,1-3H3. The van der Waals surface area contributed by atoms with Crippen molar-refractivity contribution in [1.29, 1.82) is 0 Å². The maximum absolute atomic E-state index is 5.58. The molecule has 0 aromatic rings. The Morgan fingerprint density at radius 3 is 2.75 bits per heavy atom. The first kappa shape index (κ1) is 12.3. The molecule has 2 heterocycles. The summed E-state index contributed by atoms with van der Waals surface area (Å²) in [5.41, 5.74) is 0.658. The summed E-state index contributed by atoms with van der Waals surface area (Å²) in [7, 11) is 0. The minimum atomic E-state index is 0.207. The molecule has 2 aliphatic heterocycles. The van der Waals surface area contributed by atoms with Gasteiger partial charge in [-0.25, -0.2) is 0 Å². The molecule has 1 unspecified atom stereocenters. The first-order valence-electron chi connectivity index (χ1n) is 6.55. The van der Waals surface area contributed by atoms with E-state index < -0.39 is 0 Å². The van der Waals surface area contributed by atoms with Gasteiger partial charge in [0.15, 0.2) is 0 Å². The number of hydrogen-bond acceptors (Lipinski definition) is 3. The molecular weight excluding hydrogens is 200 g/mol. The Balaban J connectivity index is 1.96. The Morgan fingerprint density at radius 2 is 2.12 bits per heavy atom. The van der Waals surface area contributed by atoms with Crippen LogP contribution in [0.5, 0.6) is 0 Å². The second-order valence-electron chi connectivity index (χ2n) is 6.38. The van der Waals surface area contributed by atoms with Gasteiger partial charge >= 0.3 is 0 Å². The van der Waals surface area contributed by atoms with Crippen LogP contribution in [0.1, 0.15) is 33.6 Å². The molecule has 0 bridgehead atoms. The van der Waals surface area contributed by atoms with Gasteiger partial charge in [-0.3, -0.25) is 4.90 Å². The minimum Gasteiger partial charge on any atom is -0.378 e. The van der Waals surface area contributed by atoms with Crippen LogP contribution in [0.2, 0.25) is 0 Å². The quantitative estimate of drug-likeness (QED) is 0.772. The van der Waals surface area contributed by atoms with Crippen LogP contribution in [0.4, 0.5) is 0 Å². The highest BCUT2D eigenvalue weighted by molar-refractivity contribution is 4.91. The molecule has 0 aromatic carbocycles. The fourth-order valence-corrected chi connectivity index (χ4v) is 2.90. The molecule has 1 atom stereocenters. The summed E-state index contributed by atoms with van der Waals surface area (Å²) >= 11 is 0. The number of rotatable bonds is 2. The van der Waals surface area contributed by atoms with Crippen LogP contribution in [0.25, 0.3) is 0 Å². The average molecular weight is 226 g/mol. The van der Waals surface area contributed by atoms with Gasteiger partial charge in [-0.2, -0.15) is 0 Å². The molecule has 0 amide bonds. The molecule has 0 aromatic heterocycles. The zero-order valence-corrected chi connectivity index (χ0v) is 11.0. The zero-order chi connectivity index (χ0) is 11.6. The molecule has 94 valence electrons. The number of morpholine rings is 1. The van der Waals surface area contributed by atoms with Crippen molar-refractivity contribution in [2.75, 3.05) is 39.4 Å². The molecule has 16 heavy (non-hydrogen) atoms. The maximum Gasteiger partial charge on any atom is 0.0645 e. The fourth-order valence-electron chi connectivity index (χ4n) is 2.90. The lowest BCUT2D eigenvalue weighted by molar-refractivity contribution is -0.0686. The highest BCUT2D eigenvalue weighted by Gasteiger charge is 2.36. The summed E-state index contributed by atoms with van der Waals surface area (Å²) in [5, 5.41) is 3.53. The van der Waals surface area contributed by atoms with E-state index in [1.165, 1.54) is 32.5 Å². The highest BCUT2D eigenvalue weighted by Crippen LogP contribution is 2.30. The van der Waals surface area contributed by atoms with E-state index in [4.69, 9.17) is 4.74 Å². The van der Waals surface area contributed by atoms with E-state index >= 15 is 0 Å². The molecule has 0 radical (unpaired) electrons. The van der Waals surface area contributed by atoms with Crippen LogP contribution in [0.15, 0.2) is 0 Å². The molecule has 0 aliphatic carbocycles. The topological polar surface area (TPSA) is 24.5 Å². The Kier molecular flexibility index (Phi) is 3.57.